The minimum Gasteiger partial charge on any atom is -0.492 e. The smallest absolute Gasteiger partial charge is 0.119 e. The average molecular weight is 254 g/mol. The summed E-state index contributed by atoms with van der Waals surface area (Å²) in [7, 11) is 0. The molecule has 0 spiro atoms. The van der Waals surface area contributed by atoms with Gasteiger partial charge >= 0.3 is 0 Å². The van der Waals surface area contributed by atoms with Crippen LogP contribution in [0.5, 0.6) is 5.75 Å². The van der Waals surface area contributed by atoms with Gasteiger partial charge in [-0.1, -0.05) is 32.0 Å². The normalized spacial score (nSPS) is 26.3. The summed E-state index contributed by atoms with van der Waals surface area (Å²) in [4.78, 5) is 0. The Labute approximate surface area is 108 Å². The molecule has 0 heterocycles. The fraction of sp³-hybridized carbons (Fsp3) is 0.571. The summed E-state index contributed by atoms with van der Waals surface area (Å²) in [5, 5.41) is 3.80. The fourth-order valence-electron chi connectivity index (χ4n) is 2.14. The minimum absolute atomic E-state index is 0.203. The molecule has 1 aliphatic carbocycles. The topological polar surface area (TPSA) is 21.3 Å². The molecule has 0 saturated heterocycles. The Hall–Kier alpha value is -0.730. The van der Waals surface area contributed by atoms with Crippen LogP contribution in [0.1, 0.15) is 20.3 Å². The van der Waals surface area contributed by atoms with Crippen molar-refractivity contribution in [3.05, 3.63) is 30.3 Å². The maximum absolute atomic E-state index is 6.17. The fourth-order valence-corrected chi connectivity index (χ4v) is 2.47. The molecule has 1 aromatic rings. The summed E-state index contributed by atoms with van der Waals surface area (Å²) in [6.07, 6.45) is 1.06. The summed E-state index contributed by atoms with van der Waals surface area (Å²) in [6.45, 7) is 5.99. The zero-order valence-electron chi connectivity index (χ0n) is 10.4. The number of hydrogen-bond acceptors (Lipinski definition) is 2. The SMILES string of the molecule is CC1(C)C(Cl)CC1NCCOc1ccccc1. The zero-order chi connectivity index (χ0) is 12.3. The number of alkyl halides is 1. The van der Waals surface area contributed by atoms with E-state index in [2.05, 4.69) is 19.2 Å². The molecule has 0 radical (unpaired) electrons. The number of benzene rings is 1. The van der Waals surface area contributed by atoms with E-state index in [-0.39, 0.29) is 5.41 Å². The lowest BCUT2D eigenvalue weighted by Crippen LogP contribution is -2.58. The van der Waals surface area contributed by atoms with Gasteiger partial charge < -0.3 is 10.1 Å². The maximum Gasteiger partial charge on any atom is 0.119 e. The van der Waals surface area contributed by atoms with Crippen LogP contribution in [0.25, 0.3) is 0 Å². The van der Waals surface area contributed by atoms with Gasteiger partial charge in [0.2, 0.25) is 0 Å². The number of para-hydroxylation sites is 1. The molecule has 1 aromatic carbocycles. The van der Waals surface area contributed by atoms with E-state index >= 15 is 0 Å². The highest BCUT2D eigenvalue weighted by Gasteiger charge is 2.46. The van der Waals surface area contributed by atoms with Crippen LogP contribution >= 0.6 is 11.6 Å². The quantitative estimate of drug-likeness (QED) is 0.643. The number of nitrogens with one attached hydrogen (secondary N) is 1. The summed E-state index contributed by atoms with van der Waals surface area (Å²) < 4.78 is 5.62. The van der Waals surface area contributed by atoms with Gasteiger partial charge in [0.25, 0.3) is 0 Å². The van der Waals surface area contributed by atoms with Crippen molar-refractivity contribution in [1.82, 2.24) is 5.32 Å². The second-order valence-corrected chi connectivity index (χ2v) is 5.72. The zero-order valence-corrected chi connectivity index (χ0v) is 11.2. The number of ether oxygens (including phenoxy) is 1. The standard InChI is InChI=1S/C14H20ClNO/c1-14(2)12(15)10-13(14)16-8-9-17-11-6-4-3-5-7-11/h3-7,12-13,16H,8-10H2,1-2H3. The first kappa shape index (κ1) is 12.7. The van der Waals surface area contributed by atoms with Crippen LogP contribution in [0.4, 0.5) is 0 Å². The first-order valence-electron chi connectivity index (χ1n) is 6.16. The molecular weight excluding hydrogens is 234 g/mol. The Kier molecular flexibility index (Phi) is 3.95. The molecule has 2 unspecified atom stereocenters. The Morgan fingerprint density at radius 1 is 1.35 bits per heavy atom. The van der Waals surface area contributed by atoms with Gasteiger partial charge in [0.05, 0.1) is 0 Å². The van der Waals surface area contributed by atoms with Crippen LogP contribution < -0.4 is 10.1 Å². The van der Waals surface area contributed by atoms with Crippen molar-refractivity contribution in [1.29, 1.82) is 0 Å². The largest absolute Gasteiger partial charge is 0.492 e. The lowest BCUT2D eigenvalue weighted by atomic mass is 9.67. The van der Waals surface area contributed by atoms with Gasteiger partial charge in [0.15, 0.2) is 0 Å². The van der Waals surface area contributed by atoms with Crippen molar-refractivity contribution < 1.29 is 4.74 Å². The van der Waals surface area contributed by atoms with Gasteiger partial charge in [0, 0.05) is 18.0 Å². The van der Waals surface area contributed by atoms with Gasteiger partial charge in [0.1, 0.15) is 12.4 Å². The van der Waals surface area contributed by atoms with Gasteiger partial charge in [-0.2, -0.15) is 0 Å². The highest BCUT2D eigenvalue weighted by Crippen LogP contribution is 2.44. The van der Waals surface area contributed by atoms with E-state index in [9.17, 15) is 0 Å². The minimum atomic E-state index is 0.203. The van der Waals surface area contributed by atoms with Crippen molar-refractivity contribution in [2.24, 2.45) is 5.41 Å². The summed E-state index contributed by atoms with van der Waals surface area (Å²) in [6, 6.07) is 10.4. The lowest BCUT2D eigenvalue weighted by molar-refractivity contribution is 0.112. The van der Waals surface area contributed by atoms with Crippen LogP contribution in [0, 0.1) is 5.41 Å². The van der Waals surface area contributed by atoms with Gasteiger partial charge in [-0.3, -0.25) is 0 Å². The highest BCUT2D eigenvalue weighted by atomic mass is 35.5. The molecule has 1 N–H and O–H groups in total. The summed E-state index contributed by atoms with van der Waals surface area (Å²) >= 11 is 6.17. The Morgan fingerprint density at radius 3 is 2.65 bits per heavy atom. The van der Waals surface area contributed by atoms with Gasteiger partial charge in [-0.15, -0.1) is 11.6 Å². The molecule has 2 rings (SSSR count). The molecule has 1 saturated carbocycles. The number of rotatable bonds is 5. The van der Waals surface area contributed by atoms with Gasteiger partial charge in [-0.25, -0.2) is 0 Å². The molecule has 2 nitrogen and oxygen atoms in total. The second kappa shape index (κ2) is 5.28. The Morgan fingerprint density at radius 2 is 2.06 bits per heavy atom. The third-order valence-corrected chi connectivity index (χ3v) is 4.39. The molecule has 1 aliphatic rings. The first-order chi connectivity index (χ1) is 8.10. The van der Waals surface area contributed by atoms with Crippen LogP contribution in [0.15, 0.2) is 30.3 Å². The predicted molar refractivity (Wildman–Crippen MR) is 71.8 cm³/mol. The van der Waals surface area contributed by atoms with Crippen LogP contribution in [-0.2, 0) is 0 Å². The molecule has 3 heteroatoms. The molecule has 94 valence electrons. The van der Waals surface area contributed by atoms with E-state index < -0.39 is 0 Å². The van der Waals surface area contributed by atoms with E-state index in [1.165, 1.54) is 0 Å². The van der Waals surface area contributed by atoms with E-state index in [4.69, 9.17) is 16.3 Å². The summed E-state index contributed by atoms with van der Waals surface area (Å²) in [5.41, 5.74) is 0.203. The Bertz CT molecular complexity index is 352. The molecule has 0 aliphatic heterocycles. The Balaban J connectivity index is 1.65. The van der Waals surface area contributed by atoms with E-state index in [0.717, 1.165) is 18.7 Å². The predicted octanol–water partition coefficient (Wildman–Crippen LogP) is 3.06. The van der Waals surface area contributed by atoms with Crippen LogP contribution in [0.3, 0.4) is 0 Å². The summed E-state index contributed by atoms with van der Waals surface area (Å²) in [5.74, 6) is 0.928. The van der Waals surface area contributed by atoms with Crippen LogP contribution in [0.2, 0.25) is 0 Å². The molecule has 17 heavy (non-hydrogen) atoms. The van der Waals surface area contributed by atoms with Crippen molar-refractivity contribution in [3.63, 3.8) is 0 Å². The van der Waals surface area contributed by atoms with Crippen molar-refractivity contribution in [2.45, 2.75) is 31.7 Å². The van der Waals surface area contributed by atoms with E-state index in [1.807, 2.05) is 30.3 Å². The van der Waals surface area contributed by atoms with Crippen LogP contribution in [-0.4, -0.2) is 24.6 Å². The monoisotopic (exact) mass is 253 g/mol. The van der Waals surface area contributed by atoms with E-state index in [1.54, 1.807) is 0 Å². The average Bonchev–Trinajstić information content (AvgIpc) is 2.34. The highest BCUT2D eigenvalue weighted by molar-refractivity contribution is 6.21. The number of halogens is 1. The molecular formula is C14H20ClNO. The molecule has 0 amide bonds. The third kappa shape index (κ3) is 2.93. The molecule has 0 aromatic heterocycles. The number of hydrogen-bond donors (Lipinski definition) is 1. The molecule has 0 bridgehead atoms. The van der Waals surface area contributed by atoms with Gasteiger partial charge in [-0.05, 0) is 24.0 Å². The third-order valence-electron chi connectivity index (χ3n) is 3.65. The van der Waals surface area contributed by atoms with Crippen molar-refractivity contribution in [2.75, 3.05) is 13.2 Å². The van der Waals surface area contributed by atoms with Crippen molar-refractivity contribution in [3.8, 4) is 5.75 Å². The second-order valence-electron chi connectivity index (χ2n) is 5.19. The first-order valence-corrected chi connectivity index (χ1v) is 6.59. The molecule has 2 atom stereocenters. The lowest BCUT2D eigenvalue weighted by Gasteiger charge is -2.49. The van der Waals surface area contributed by atoms with Crippen molar-refractivity contribution >= 4 is 11.6 Å². The maximum atomic E-state index is 6.17. The van der Waals surface area contributed by atoms with E-state index in [0.29, 0.717) is 18.0 Å². The molecule has 1 fully saturated rings.